The summed E-state index contributed by atoms with van der Waals surface area (Å²) in [5.74, 6) is 1.77. The van der Waals surface area contributed by atoms with Crippen LogP contribution < -0.4 is 15.1 Å². The second-order valence-corrected chi connectivity index (χ2v) is 12.4. The van der Waals surface area contributed by atoms with E-state index in [1.165, 1.54) is 0 Å². The maximum Gasteiger partial charge on any atom is 0.270 e. The molecule has 1 amide bonds. The summed E-state index contributed by atoms with van der Waals surface area (Å²) in [6.07, 6.45) is 8.25. The minimum Gasteiger partial charge on any atom is -0.390 e. The summed E-state index contributed by atoms with van der Waals surface area (Å²) in [4.78, 5) is 31.3. The largest absolute Gasteiger partial charge is 0.390 e. The van der Waals surface area contributed by atoms with Crippen LogP contribution in [0.25, 0.3) is 0 Å². The molecule has 5 aliphatic rings. The molecule has 4 aliphatic carbocycles. The van der Waals surface area contributed by atoms with Crippen molar-refractivity contribution in [2.75, 3.05) is 29.4 Å². The van der Waals surface area contributed by atoms with Crippen LogP contribution in [0.1, 0.15) is 69.1 Å². The number of carbonyl (C=O) groups is 1. The predicted molar refractivity (Wildman–Crippen MR) is 140 cm³/mol. The average molecular weight is 507 g/mol. The van der Waals surface area contributed by atoms with Crippen LogP contribution in [0.15, 0.2) is 30.6 Å². The van der Waals surface area contributed by atoms with Crippen molar-refractivity contribution in [2.24, 2.45) is 17.8 Å². The highest BCUT2D eigenvalue weighted by atomic mass is 16.3. The van der Waals surface area contributed by atoms with E-state index >= 15 is 0 Å². The van der Waals surface area contributed by atoms with Crippen molar-refractivity contribution < 1.29 is 15.0 Å². The van der Waals surface area contributed by atoms with Crippen molar-refractivity contribution in [2.45, 2.75) is 76.2 Å². The molecule has 0 spiro atoms. The van der Waals surface area contributed by atoms with Crippen LogP contribution in [0.2, 0.25) is 0 Å². The number of nitrogens with one attached hydrogen (secondary N) is 1. The first-order chi connectivity index (χ1) is 17.6. The van der Waals surface area contributed by atoms with E-state index in [9.17, 15) is 15.0 Å². The fourth-order valence-electron chi connectivity index (χ4n) is 7.48. The first-order valence-corrected chi connectivity index (χ1v) is 13.6. The molecule has 1 aliphatic heterocycles. The van der Waals surface area contributed by atoms with Gasteiger partial charge in [0.1, 0.15) is 11.3 Å². The molecule has 0 aromatic carbocycles. The van der Waals surface area contributed by atoms with Gasteiger partial charge in [0.25, 0.3) is 5.91 Å². The first kappa shape index (κ1) is 24.6. The lowest BCUT2D eigenvalue weighted by Gasteiger charge is -2.58. The maximum atomic E-state index is 13.3. The lowest BCUT2D eigenvalue weighted by molar-refractivity contribution is -0.136. The van der Waals surface area contributed by atoms with Gasteiger partial charge in [-0.3, -0.25) is 9.78 Å². The zero-order chi connectivity index (χ0) is 25.9. The van der Waals surface area contributed by atoms with Crippen molar-refractivity contribution in [3.8, 4) is 0 Å². The van der Waals surface area contributed by atoms with Crippen molar-refractivity contribution >= 4 is 17.5 Å². The Kier molecular flexibility index (Phi) is 5.91. The van der Waals surface area contributed by atoms with Crippen LogP contribution in [-0.4, -0.2) is 68.4 Å². The molecule has 4 saturated carbocycles. The molecule has 3 heterocycles. The van der Waals surface area contributed by atoms with Crippen LogP contribution in [0.3, 0.4) is 0 Å². The van der Waals surface area contributed by atoms with Gasteiger partial charge in [0.15, 0.2) is 0 Å². The Morgan fingerprint density at radius 1 is 1.11 bits per heavy atom. The molecule has 4 bridgehead atoms. The van der Waals surface area contributed by atoms with E-state index in [0.717, 1.165) is 57.4 Å². The van der Waals surface area contributed by atoms with Crippen LogP contribution in [0.5, 0.6) is 0 Å². The highest BCUT2D eigenvalue weighted by molar-refractivity contribution is 5.92. The number of nitrogens with zero attached hydrogens (tertiary/aromatic N) is 5. The normalized spacial score (nSPS) is 33.1. The fraction of sp³-hybridized carbons (Fsp3) is 0.643. The van der Waals surface area contributed by atoms with E-state index < -0.39 is 11.2 Å². The quantitative estimate of drug-likeness (QED) is 0.567. The number of pyridine rings is 1. The molecular formula is C28H38N6O3. The third-order valence-corrected chi connectivity index (χ3v) is 9.04. The number of hydrogen-bond acceptors (Lipinski definition) is 8. The average Bonchev–Trinajstić information content (AvgIpc) is 2.85. The topological polar surface area (TPSA) is 115 Å². The van der Waals surface area contributed by atoms with Gasteiger partial charge in [-0.15, -0.1) is 0 Å². The number of aromatic nitrogens is 3. The Morgan fingerprint density at radius 2 is 1.86 bits per heavy atom. The van der Waals surface area contributed by atoms with Gasteiger partial charge in [-0.1, -0.05) is 0 Å². The monoisotopic (exact) mass is 506 g/mol. The summed E-state index contributed by atoms with van der Waals surface area (Å²) >= 11 is 0. The Hall–Kier alpha value is -2.78. The molecule has 3 N–H and O–H groups in total. The number of amides is 1. The number of piperazine rings is 1. The van der Waals surface area contributed by atoms with E-state index in [2.05, 4.69) is 37.0 Å². The first-order valence-electron chi connectivity index (χ1n) is 13.6. The van der Waals surface area contributed by atoms with E-state index in [0.29, 0.717) is 35.1 Å². The smallest absolute Gasteiger partial charge is 0.270 e. The molecule has 1 saturated heterocycles. The van der Waals surface area contributed by atoms with Gasteiger partial charge < -0.3 is 25.3 Å². The summed E-state index contributed by atoms with van der Waals surface area (Å²) in [6.45, 7) is 7.89. The summed E-state index contributed by atoms with van der Waals surface area (Å²) in [5.41, 5.74) is 0.602. The number of anilines is 2. The Bertz CT molecular complexity index is 1150. The zero-order valence-electron chi connectivity index (χ0n) is 22.0. The second kappa shape index (κ2) is 8.91. The molecule has 2 aromatic rings. The third-order valence-electron chi connectivity index (χ3n) is 9.04. The Morgan fingerprint density at radius 3 is 2.49 bits per heavy atom. The van der Waals surface area contributed by atoms with Crippen molar-refractivity contribution in [3.05, 3.63) is 42.0 Å². The van der Waals surface area contributed by atoms with Gasteiger partial charge in [-0.2, -0.15) is 0 Å². The van der Waals surface area contributed by atoms with Crippen LogP contribution in [0.4, 0.5) is 11.6 Å². The number of rotatable bonds is 5. The standard InChI is InChI=1S/C28H38N6O3/c1-17-16-33(21-4-5-23(30-15-21)27(2,3)36)8-9-34(17)26-29-7-6-22(31-26)25(35)32-24-19-10-18-11-20(24)14-28(37,12-18)13-19/h4-7,15,17-20,24,36-37H,8-14,16H2,1-3H3,(H,32,35). The molecule has 9 heteroatoms. The van der Waals surface area contributed by atoms with Gasteiger partial charge >= 0.3 is 0 Å². The molecule has 37 heavy (non-hydrogen) atoms. The van der Waals surface area contributed by atoms with E-state index in [1.807, 2.05) is 18.3 Å². The SMILES string of the molecule is CC1CN(c2ccc(C(C)(C)O)nc2)CCN1c1nccc(C(=O)NC2C3CC4CC2CC(O)(C4)C3)n1. The summed E-state index contributed by atoms with van der Waals surface area (Å²) in [5, 5.41) is 24.3. The molecule has 3 unspecified atom stereocenters. The molecule has 7 rings (SSSR count). The van der Waals surface area contributed by atoms with Crippen molar-refractivity contribution in [1.82, 2.24) is 20.3 Å². The van der Waals surface area contributed by atoms with Crippen LogP contribution in [-0.2, 0) is 5.60 Å². The van der Waals surface area contributed by atoms with Gasteiger partial charge in [0.2, 0.25) is 5.95 Å². The zero-order valence-corrected chi connectivity index (χ0v) is 22.0. The molecule has 9 nitrogen and oxygen atoms in total. The lowest BCUT2D eigenvalue weighted by Crippen LogP contribution is -2.61. The predicted octanol–water partition coefficient (Wildman–Crippen LogP) is 2.48. The molecule has 5 fully saturated rings. The lowest BCUT2D eigenvalue weighted by atomic mass is 9.52. The van der Waals surface area contributed by atoms with Gasteiger partial charge in [0, 0.05) is 37.9 Å². The van der Waals surface area contributed by atoms with Crippen molar-refractivity contribution in [3.63, 3.8) is 0 Å². The van der Waals surface area contributed by atoms with E-state index in [-0.39, 0.29) is 18.0 Å². The molecule has 198 valence electrons. The van der Waals surface area contributed by atoms with Crippen molar-refractivity contribution in [1.29, 1.82) is 0 Å². The van der Waals surface area contributed by atoms with E-state index in [4.69, 9.17) is 0 Å². The molecule has 0 radical (unpaired) electrons. The molecule has 2 aromatic heterocycles. The fourth-order valence-corrected chi connectivity index (χ4v) is 7.48. The van der Waals surface area contributed by atoms with Crippen LogP contribution >= 0.6 is 0 Å². The number of aliphatic hydroxyl groups is 2. The van der Waals surface area contributed by atoms with Gasteiger partial charge in [-0.05, 0) is 88.8 Å². The minimum atomic E-state index is -0.962. The summed E-state index contributed by atoms with van der Waals surface area (Å²) in [6, 6.07) is 5.85. The van der Waals surface area contributed by atoms with Gasteiger partial charge in [0.05, 0.1) is 23.2 Å². The number of hydrogen-bond donors (Lipinski definition) is 3. The highest BCUT2D eigenvalue weighted by Gasteiger charge is 2.55. The molecule has 3 atom stereocenters. The number of carbonyl (C=O) groups excluding carboxylic acids is 1. The molecular weight excluding hydrogens is 468 g/mol. The summed E-state index contributed by atoms with van der Waals surface area (Å²) < 4.78 is 0. The summed E-state index contributed by atoms with van der Waals surface area (Å²) in [7, 11) is 0. The second-order valence-electron chi connectivity index (χ2n) is 12.4. The van der Waals surface area contributed by atoms with Crippen LogP contribution in [0, 0.1) is 17.8 Å². The Labute approximate surface area is 218 Å². The maximum absolute atomic E-state index is 13.3. The minimum absolute atomic E-state index is 0.126. The third kappa shape index (κ3) is 4.68. The van der Waals surface area contributed by atoms with Gasteiger partial charge in [-0.25, -0.2) is 9.97 Å². The Balaban J connectivity index is 1.11. The van der Waals surface area contributed by atoms with E-state index in [1.54, 1.807) is 26.1 Å². The highest BCUT2D eigenvalue weighted by Crippen LogP contribution is 2.55.